The minimum absolute atomic E-state index is 0.0238. The van der Waals surface area contributed by atoms with Gasteiger partial charge in [-0.15, -0.1) is 0 Å². The summed E-state index contributed by atoms with van der Waals surface area (Å²) in [5.74, 6) is 0.496. The zero-order chi connectivity index (χ0) is 13.4. The summed E-state index contributed by atoms with van der Waals surface area (Å²) in [6.45, 7) is 5.89. The maximum Gasteiger partial charge on any atom is 0.233 e. The summed E-state index contributed by atoms with van der Waals surface area (Å²) < 4.78 is 0. The lowest BCUT2D eigenvalue weighted by molar-refractivity contribution is -0.120. The molecule has 3 N–H and O–H groups in total. The molecule has 0 spiro atoms. The summed E-state index contributed by atoms with van der Waals surface area (Å²) in [5, 5.41) is 14.9. The topological polar surface area (TPSA) is 61.4 Å². The lowest BCUT2D eigenvalue weighted by Gasteiger charge is -2.08. The summed E-state index contributed by atoms with van der Waals surface area (Å²) in [4.78, 5) is 11.4. The van der Waals surface area contributed by atoms with Crippen LogP contribution in [0.2, 0.25) is 0 Å². The molecule has 0 aromatic heterocycles. The highest BCUT2D eigenvalue weighted by Gasteiger charge is 2.01. The van der Waals surface area contributed by atoms with Crippen molar-refractivity contribution >= 4 is 5.91 Å². The molecule has 1 rings (SSSR count). The second kappa shape index (κ2) is 7.84. The van der Waals surface area contributed by atoms with Crippen LogP contribution in [0.1, 0.15) is 25.0 Å². The van der Waals surface area contributed by atoms with Gasteiger partial charge in [-0.2, -0.15) is 0 Å². The van der Waals surface area contributed by atoms with Crippen LogP contribution in [0.4, 0.5) is 0 Å². The number of rotatable bonds is 7. The Labute approximate surface area is 108 Å². The van der Waals surface area contributed by atoms with Crippen LogP contribution >= 0.6 is 0 Å². The van der Waals surface area contributed by atoms with Gasteiger partial charge in [-0.3, -0.25) is 4.79 Å². The van der Waals surface area contributed by atoms with E-state index >= 15 is 0 Å². The summed E-state index contributed by atoms with van der Waals surface area (Å²) in [6.07, 6.45) is 0. The number of aliphatic hydroxyl groups excluding tert-OH is 1. The molecule has 0 radical (unpaired) electrons. The van der Waals surface area contributed by atoms with Gasteiger partial charge in [0.25, 0.3) is 0 Å². The van der Waals surface area contributed by atoms with Gasteiger partial charge < -0.3 is 15.7 Å². The molecule has 1 amide bonds. The molecule has 4 nitrogen and oxygen atoms in total. The van der Waals surface area contributed by atoms with Crippen molar-refractivity contribution in [3.63, 3.8) is 0 Å². The molecule has 0 bridgehead atoms. The van der Waals surface area contributed by atoms with Crippen molar-refractivity contribution in [3.05, 3.63) is 35.4 Å². The maximum atomic E-state index is 11.4. The second-order valence-corrected chi connectivity index (χ2v) is 4.78. The van der Waals surface area contributed by atoms with Crippen LogP contribution in [0.5, 0.6) is 0 Å². The largest absolute Gasteiger partial charge is 0.392 e. The molecule has 0 atom stereocenters. The molecule has 0 aliphatic carbocycles. The number of benzene rings is 1. The van der Waals surface area contributed by atoms with Crippen LogP contribution in [0.25, 0.3) is 0 Å². The minimum Gasteiger partial charge on any atom is -0.392 e. The van der Waals surface area contributed by atoms with Crippen molar-refractivity contribution in [1.82, 2.24) is 10.6 Å². The Balaban J connectivity index is 2.22. The quantitative estimate of drug-likeness (QED) is 0.677. The Hall–Kier alpha value is -1.39. The van der Waals surface area contributed by atoms with E-state index in [0.717, 1.165) is 11.1 Å². The van der Waals surface area contributed by atoms with Gasteiger partial charge in [-0.25, -0.2) is 0 Å². The SMILES string of the molecule is CC(C)CNC(=O)CNCc1ccc(CO)cc1. The molecule has 0 saturated carbocycles. The highest BCUT2D eigenvalue weighted by molar-refractivity contribution is 5.77. The number of aliphatic hydroxyl groups is 1. The minimum atomic E-state index is 0.0238. The molecule has 0 unspecified atom stereocenters. The molecular weight excluding hydrogens is 228 g/mol. The Bertz CT molecular complexity index is 361. The lowest BCUT2D eigenvalue weighted by atomic mass is 10.1. The van der Waals surface area contributed by atoms with E-state index in [1.807, 2.05) is 24.3 Å². The Kier molecular flexibility index (Phi) is 6.39. The van der Waals surface area contributed by atoms with E-state index in [2.05, 4.69) is 24.5 Å². The van der Waals surface area contributed by atoms with Crippen LogP contribution in [0.3, 0.4) is 0 Å². The van der Waals surface area contributed by atoms with Crippen molar-refractivity contribution in [3.8, 4) is 0 Å². The first-order valence-corrected chi connectivity index (χ1v) is 6.28. The smallest absolute Gasteiger partial charge is 0.233 e. The number of hydrogen-bond acceptors (Lipinski definition) is 3. The monoisotopic (exact) mass is 250 g/mol. The summed E-state index contributed by atoms with van der Waals surface area (Å²) >= 11 is 0. The average Bonchev–Trinajstić information content (AvgIpc) is 2.37. The number of hydrogen-bond donors (Lipinski definition) is 3. The van der Waals surface area contributed by atoms with Crippen LogP contribution < -0.4 is 10.6 Å². The molecular formula is C14H22N2O2. The molecule has 0 aliphatic rings. The fourth-order valence-electron chi connectivity index (χ4n) is 1.46. The van der Waals surface area contributed by atoms with Crippen molar-refractivity contribution < 1.29 is 9.90 Å². The molecule has 0 fully saturated rings. The lowest BCUT2D eigenvalue weighted by Crippen LogP contribution is -2.35. The zero-order valence-corrected chi connectivity index (χ0v) is 11.1. The van der Waals surface area contributed by atoms with E-state index in [1.165, 1.54) is 0 Å². The maximum absolute atomic E-state index is 11.4. The van der Waals surface area contributed by atoms with Crippen LogP contribution in [0, 0.1) is 5.92 Å². The van der Waals surface area contributed by atoms with Crippen molar-refractivity contribution in [2.75, 3.05) is 13.1 Å². The first kappa shape index (κ1) is 14.7. The zero-order valence-electron chi connectivity index (χ0n) is 11.1. The molecule has 1 aromatic rings. The van der Waals surface area contributed by atoms with E-state index in [0.29, 0.717) is 25.6 Å². The molecule has 0 heterocycles. The number of nitrogens with one attached hydrogen (secondary N) is 2. The normalized spacial score (nSPS) is 10.7. The first-order chi connectivity index (χ1) is 8.61. The van der Waals surface area contributed by atoms with E-state index < -0.39 is 0 Å². The van der Waals surface area contributed by atoms with Crippen LogP contribution in [-0.2, 0) is 17.9 Å². The molecule has 0 aliphatic heterocycles. The van der Waals surface area contributed by atoms with Crippen molar-refractivity contribution in [1.29, 1.82) is 0 Å². The summed E-state index contributed by atoms with van der Waals surface area (Å²) in [5.41, 5.74) is 2.00. The number of amides is 1. The molecule has 100 valence electrons. The Morgan fingerprint density at radius 2 is 1.83 bits per heavy atom. The van der Waals surface area contributed by atoms with Gasteiger partial charge in [0.1, 0.15) is 0 Å². The fraction of sp³-hybridized carbons (Fsp3) is 0.500. The van der Waals surface area contributed by atoms with E-state index in [9.17, 15) is 4.79 Å². The third kappa shape index (κ3) is 5.80. The Morgan fingerprint density at radius 1 is 1.22 bits per heavy atom. The predicted octanol–water partition coefficient (Wildman–Crippen LogP) is 1.04. The highest BCUT2D eigenvalue weighted by atomic mass is 16.3. The fourth-order valence-corrected chi connectivity index (χ4v) is 1.46. The van der Waals surface area contributed by atoms with Crippen LogP contribution in [-0.4, -0.2) is 24.1 Å². The molecule has 4 heteroatoms. The van der Waals surface area contributed by atoms with E-state index in [-0.39, 0.29) is 12.5 Å². The van der Waals surface area contributed by atoms with Crippen molar-refractivity contribution in [2.45, 2.75) is 27.0 Å². The molecule has 18 heavy (non-hydrogen) atoms. The van der Waals surface area contributed by atoms with Crippen molar-refractivity contribution in [2.24, 2.45) is 5.92 Å². The highest BCUT2D eigenvalue weighted by Crippen LogP contribution is 2.03. The van der Waals surface area contributed by atoms with Gasteiger partial charge in [0, 0.05) is 13.1 Å². The van der Waals surface area contributed by atoms with Gasteiger partial charge in [-0.05, 0) is 17.0 Å². The van der Waals surface area contributed by atoms with E-state index in [4.69, 9.17) is 5.11 Å². The average molecular weight is 250 g/mol. The van der Waals surface area contributed by atoms with Crippen LogP contribution in [0.15, 0.2) is 24.3 Å². The first-order valence-electron chi connectivity index (χ1n) is 6.28. The second-order valence-electron chi connectivity index (χ2n) is 4.78. The van der Waals surface area contributed by atoms with Gasteiger partial charge in [0.2, 0.25) is 5.91 Å². The Morgan fingerprint density at radius 3 is 2.39 bits per heavy atom. The van der Waals surface area contributed by atoms with Gasteiger partial charge in [0.05, 0.1) is 13.2 Å². The van der Waals surface area contributed by atoms with E-state index in [1.54, 1.807) is 0 Å². The summed E-state index contributed by atoms with van der Waals surface area (Å²) in [7, 11) is 0. The standard InChI is InChI=1S/C14H22N2O2/c1-11(2)7-16-14(18)9-15-8-12-3-5-13(10-17)6-4-12/h3-6,11,15,17H,7-10H2,1-2H3,(H,16,18). The van der Waals surface area contributed by atoms with Gasteiger partial charge in [-0.1, -0.05) is 38.1 Å². The molecule has 1 aromatic carbocycles. The van der Waals surface area contributed by atoms with Gasteiger partial charge >= 0.3 is 0 Å². The number of carbonyl (C=O) groups excluding carboxylic acids is 1. The third-order valence-electron chi connectivity index (χ3n) is 2.53. The predicted molar refractivity (Wildman–Crippen MR) is 71.9 cm³/mol. The summed E-state index contributed by atoms with van der Waals surface area (Å²) in [6, 6.07) is 7.67. The molecule has 0 saturated heterocycles. The third-order valence-corrected chi connectivity index (χ3v) is 2.53. The number of carbonyl (C=O) groups is 1. The van der Waals surface area contributed by atoms with Gasteiger partial charge in [0.15, 0.2) is 0 Å².